The third-order valence-electron chi connectivity index (χ3n) is 7.49. The summed E-state index contributed by atoms with van der Waals surface area (Å²) < 4.78 is 0. The number of benzene rings is 5. The maximum Gasteiger partial charge on any atom is 0.272 e. The van der Waals surface area contributed by atoms with Crippen molar-refractivity contribution in [2.45, 2.75) is 30.9 Å². The highest BCUT2D eigenvalue weighted by atomic mass is 32.2. The molecule has 6 nitrogen and oxygen atoms in total. The molecule has 0 heterocycles. The molecule has 3 amide bonds. The van der Waals surface area contributed by atoms with Crippen molar-refractivity contribution in [3.8, 4) is 11.1 Å². The minimum atomic E-state index is -0.473. The Balaban J connectivity index is 1.32. The number of thioether (sulfide) groups is 1. The SMILES string of the molecule is Cc1cccc(NC(=O)C(C)Sc2cccc(NC(=O)/C(=C\c3ccc(-c4ccccc4)cc3)NC(=O)c3ccccc3)c2)c1C. The number of rotatable bonds is 10. The zero-order chi connectivity index (χ0) is 32.5. The van der Waals surface area contributed by atoms with Gasteiger partial charge < -0.3 is 16.0 Å². The number of hydrogen-bond acceptors (Lipinski definition) is 4. The zero-order valence-corrected chi connectivity index (χ0v) is 26.7. The standard InChI is InChI=1S/C39H35N3O3S/c1-26-12-10-19-35(27(26)2)41-37(43)28(3)46-34-18-11-17-33(25-34)40-39(45)36(42-38(44)32-15-8-5-9-16-32)24-29-20-22-31(23-21-29)30-13-6-4-7-14-30/h4-25,28H,1-3H3,(H,40,45)(H,41,43)(H,42,44)/b36-24+. The molecule has 0 spiro atoms. The topological polar surface area (TPSA) is 87.3 Å². The Hall–Kier alpha value is -5.40. The average molecular weight is 626 g/mol. The van der Waals surface area contributed by atoms with Crippen LogP contribution in [0.2, 0.25) is 0 Å². The highest BCUT2D eigenvalue weighted by Crippen LogP contribution is 2.28. The van der Waals surface area contributed by atoms with E-state index in [0.717, 1.165) is 38.4 Å². The quantitative estimate of drug-likeness (QED) is 0.107. The third kappa shape index (κ3) is 8.40. The van der Waals surface area contributed by atoms with E-state index in [2.05, 4.69) is 16.0 Å². The summed E-state index contributed by atoms with van der Waals surface area (Å²) in [7, 11) is 0. The van der Waals surface area contributed by atoms with Crippen LogP contribution in [0, 0.1) is 13.8 Å². The van der Waals surface area contributed by atoms with Gasteiger partial charge in [-0.3, -0.25) is 14.4 Å². The molecule has 5 aromatic carbocycles. The first-order valence-corrected chi connectivity index (χ1v) is 15.8. The van der Waals surface area contributed by atoms with Gasteiger partial charge in [0.1, 0.15) is 5.70 Å². The lowest BCUT2D eigenvalue weighted by molar-refractivity contribution is -0.115. The Morgan fingerprint density at radius 1 is 0.696 bits per heavy atom. The fourth-order valence-corrected chi connectivity index (χ4v) is 5.66. The van der Waals surface area contributed by atoms with Gasteiger partial charge in [0.15, 0.2) is 0 Å². The average Bonchev–Trinajstić information content (AvgIpc) is 3.07. The summed E-state index contributed by atoms with van der Waals surface area (Å²) in [6, 6.07) is 39.7. The number of nitrogens with one attached hydrogen (secondary N) is 3. The zero-order valence-electron chi connectivity index (χ0n) is 25.9. The molecule has 0 radical (unpaired) electrons. The van der Waals surface area contributed by atoms with Crippen LogP contribution in [0.15, 0.2) is 138 Å². The van der Waals surface area contributed by atoms with Crippen LogP contribution in [0.5, 0.6) is 0 Å². The lowest BCUT2D eigenvalue weighted by Crippen LogP contribution is -2.30. The van der Waals surface area contributed by atoms with E-state index in [-0.39, 0.29) is 16.9 Å². The van der Waals surface area contributed by atoms with Gasteiger partial charge in [0.25, 0.3) is 11.8 Å². The molecule has 1 unspecified atom stereocenters. The molecule has 0 fully saturated rings. The molecule has 1 atom stereocenters. The largest absolute Gasteiger partial charge is 0.325 e. The van der Waals surface area contributed by atoms with Gasteiger partial charge >= 0.3 is 0 Å². The van der Waals surface area contributed by atoms with Crippen LogP contribution in [0.1, 0.15) is 34.0 Å². The number of amides is 3. The van der Waals surface area contributed by atoms with E-state index in [0.29, 0.717) is 11.3 Å². The van der Waals surface area contributed by atoms with Crippen molar-refractivity contribution in [1.82, 2.24) is 5.32 Å². The molecular formula is C39H35N3O3S. The summed E-state index contributed by atoms with van der Waals surface area (Å²) in [5.74, 6) is -0.976. The van der Waals surface area contributed by atoms with Crippen LogP contribution >= 0.6 is 11.8 Å². The Morgan fingerprint density at radius 2 is 1.35 bits per heavy atom. The molecule has 3 N–H and O–H groups in total. The lowest BCUT2D eigenvalue weighted by Gasteiger charge is -2.15. The van der Waals surface area contributed by atoms with Crippen LogP contribution in [-0.2, 0) is 9.59 Å². The van der Waals surface area contributed by atoms with Gasteiger partial charge in [0.05, 0.1) is 5.25 Å². The van der Waals surface area contributed by atoms with Crippen molar-refractivity contribution in [2.75, 3.05) is 10.6 Å². The predicted octanol–water partition coefficient (Wildman–Crippen LogP) is 8.50. The van der Waals surface area contributed by atoms with E-state index in [1.807, 2.05) is 118 Å². The van der Waals surface area contributed by atoms with Gasteiger partial charge in [0, 0.05) is 21.8 Å². The van der Waals surface area contributed by atoms with E-state index in [1.54, 1.807) is 36.4 Å². The van der Waals surface area contributed by atoms with Crippen LogP contribution in [0.4, 0.5) is 11.4 Å². The molecule has 0 aliphatic carbocycles. The lowest BCUT2D eigenvalue weighted by atomic mass is 10.0. The first-order chi connectivity index (χ1) is 22.3. The highest BCUT2D eigenvalue weighted by molar-refractivity contribution is 8.00. The second kappa shape index (κ2) is 15.1. The maximum atomic E-state index is 13.6. The molecule has 46 heavy (non-hydrogen) atoms. The van der Waals surface area contributed by atoms with E-state index in [9.17, 15) is 14.4 Å². The van der Waals surface area contributed by atoms with Gasteiger partial charge in [-0.15, -0.1) is 11.8 Å². The minimum Gasteiger partial charge on any atom is -0.325 e. The smallest absolute Gasteiger partial charge is 0.272 e. The van der Waals surface area contributed by atoms with Gasteiger partial charge in [0.2, 0.25) is 5.91 Å². The van der Waals surface area contributed by atoms with Crippen molar-refractivity contribution in [1.29, 1.82) is 0 Å². The Bertz CT molecular complexity index is 1870. The summed E-state index contributed by atoms with van der Waals surface area (Å²) >= 11 is 1.39. The molecule has 0 aliphatic rings. The molecule has 0 saturated carbocycles. The minimum absolute atomic E-state index is 0.0978. The molecule has 0 aliphatic heterocycles. The normalized spacial score (nSPS) is 11.8. The Kier molecular flexibility index (Phi) is 10.5. The van der Waals surface area contributed by atoms with Crippen molar-refractivity contribution in [2.24, 2.45) is 0 Å². The Labute approximate surface area is 274 Å². The molecule has 5 aromatic rings. The summed E-state index contributed by atoms with van der Waals surface area (Å²) in [6.45, 7) is 5.84. The number of aryl methyl sites for hydroxylation is 1. The fraction of sp³-hybridized carbons (Fsp3) is 0.103. The number of carbonyl (C=O) groups excluding carboxylic acids is 3. The summed E-state index contributed by atoms with van der Waals surface area (Å²) in [5, 5.41) is 8.35. The third-order valence-corrected chi connectivity index (χ3v) is 8.59. The first-order valence-electron chi connectivity index (χ1n) is 15.0. The monoisotopic (exact) mass is 625 g/mol. The number of anilines is 2. The molecule has 0 aromatic heterocycles. The molecular weight excluding hydrogens is 591 g/mol. The second-order valence-corrected chi connectivity index (χ2v) is 12.3. The van der Waals surface area contributed by atoms with E-state index < -0.39 is 11.8 Å². The molecule has 230 valence electrons. The molecule has 0 saturated heterocycles. The fourth-order valence-electron chi connectivity index (χ4n) is 4.74. The van der Waals surface area contributed by atoms with E-state index >= 15 is 0 Å². The highest BCUT2D eigenvalue weighted by Gasteiger charge is 2.18. The predicted molar refractivity (Wildman–Crippen MR) is 189 cm³/mol. The summed E-state index contributed by atoms with van der Waals surface area (Å²) in [4.78, 5) is 40.5. The van der Waals surface area contributed by atoms with Gasteiger partial charge in [-0.05, 0) is 91.1 Å². The van der Waals surface area contributed by atoms with Gasteiger partial charge in [-0.2, -0.15) is 0 Å². The summed E-state index contributed by atoms with van der Waals surface area (Å²) in [5.41, 5.74) is 6.90. The van der Waals surface area contributed by atoms with Crippen LogP contribution in [0.3, 0.4) is 0 Å². The van der Waals surface area contributed by atoms with Crippen LogP contribution < -0.4 is 16.0 Å². The first kappa shape index (κ1) is 32.0. The van der Waals surface area contributed by atoms with Gasteiger partial charge in [-0.1, -0.05) is 91.0 Å². The summed E-state index contributed by atoms with van der Waals surface area (Å²) in [6.07, 6.45) is 1.66. The van der Waals surface area contributed by atoms with Crippen molar-refractivity contribution >= 4 is 46.9 Å². The van der Waals surface area contributed by atoms with E-state index in [4.69, 9.17) is 0 Å². The van der Waals surface area contributed by atoms with Crippen LogP contribution in [0.25, 0.3) is 17.2 Å². The van der Waals surface area contributed by atoms with Crippen molar-refractivity contribution in [3.63, 3.8) is 0 Å². The Morgan fingerprint density at radius 3 is 2.07 bits per heavy atom. The van der Waals surface area contributed by atoms with E-state index in [1.165, 1.54) is 11.8 Å². The molecule has 7 heteroatoms. The maximum absolute atomic E-state index is 13.6. The molecule has 5 rings (SSSR count). The second-order valence-electron chi connectivity index (χ2n) is 10.8. The molecule has 0 bridgehead atoms. The van der Waals surface area contributed by atoms with Gasteiger partial charge in [-0.25, -0.2) is 0 Å². The number of hydrogen-bond donors (Lipinski definition) is 3. The van der Waals surface area contributed by atoms with Crippen LogP contribution in [-0.4, -0.2) is 23.0 Å². The number of carbonyl (C=O) groups is 3. The van der Waals surface area contributed by atoms with Crippen molar-refractivity contribution < 1.29 is 14.4 Å². The van der Waals surface area contributed by atoms with Crippen molar-refractivity contribution in [3.05, 3.63) is 155 Å².